The summed E-state index contributed by atoms with van der Waals surface area (Å²) in [6, 6.07) is 1.07. The van der Waals surface area contributed by atoms with Crippen LogP contribution in [0.4, 0.5) is 0 Å². The molecule has 0 aromatic carbocycles. The average molecular weight is 374 g/mol. The van der Waals surface area contributed by atoms with Gasteiger partial charge in [0, 0.05) is 25.6 Å². The Kier molecular flexibility index (Phi) is 6.36. The minimum absolute atomic E-state index is 0.0577. The van der Waals surface area contributed by atoms with Gasteiger partial charge in [-0.15, -0.1) is 11.3 Å². The first-order chi connectivity index (χ1) is 11.4. The van der Waals surface area contributed by atoms with Crippen molar-refractivity contribution in [3.8, 4) is 0 Å². The van der Waals surface area contributed by atoms with Crippen LogP contribution in [0.15, 0.2) is 16.3 Å². The number of carbonyl (C=O) groups excluding carboxylic acids is 2. The van der Waals surface area contributed by atoms with Crippen LogP contribution >= 0.6 is 11.3 Å². The van der Waals surface area contributed by atoms with Crippen LogP contribution in [0.1, 0.15) is 42.3 Å². The molecule has 1 amide bonds. The SMILES string of the molecule is CCCN1CCC(NS(=O)(=O)c2ccsc2C(=O)OC)CCC1=O. The van der Waals surface area contributed by atoms with E-state index in [1.165, 1.54) is 13.2 Å². The summed E-state index contributed by atoms with van der Waals surface area (Å²) >= 11 is 1.03. The fraction of sp³-hybridized carbons (Fsp3) is 0.600. The highest BCUT2D eigenvalue weighted by Gasteiger charge is 2.29. The lowest BCUT2D eigenvalue weighted by molar-refractivity contribution is -0.130. The topological polar surface area (TPSA) is 92.8 Å². The van der Waals surface area contributed by atoms with Gasteiger partial charge in [0.1, 0.15) is 9.77 Å². The van der Waals surface area contributed by atoms with Crippen LogP contribution in [0.3, 0.4) is 0 Å². The molecule has 1 aromatic heterocycles. The van der Waals surface area contributed by atoms with E-state index in [1.807, 2.05) is 6.92 Å². The molecule has 1 unspecified atom stereocenters. The maximum absolute atomic E-state index is 12.6. The summed E-state index contributed by atoms with van der Waals surface area (Å²) in [6.45, 7) is 3.23. The van der Waals surface area contributed by atoms with Gasteiger partial charge >= 0.3 is 5.97 Å². The first-order valence-electron chi connectivity index (χ1n) is 7.85. The van der Waals surface area contributed by atoms with Crippen molar-refractivity contribution in [2.24, 2.45) is 0 Å². The Morgan fingerprint density at radius 1 is 1.46 bits per heavy atom. The second kappa shape index (κ2) is 8.09. The monoisotopic (exact) mass is 374 g/mol. The zero-order valence-corrected chi connectivity index (χ0v) is 15.4. The van der Waals surface area contributed by atoms with E-state index in [1.54, 1.807) is 10.3 Å². The zero-order chi connectivity index (χ0) is 17.7. The Morgan fingerprint density at radius 2 is 2.21 bits per heavy atom. The average Bonchev–Trinajstić information content (AvgIpc) is 2.99. The first kappa shape index (κ1) is 18.9. The second-order valence-electron chi connectivity index (χ2n) is 5.63. The standard InChI is InChI=1S/C15H22N2O5S2/c1-3-8-17-9-6-11(4-5-13(17)18)16-24(20,21)12-7-10-23-14(12)15(19)22-2/h7,10-11,16H,3-6,8-9H2,1-2H3. The highest BCUT2D eigenvalue weighted by atomic mass is 32.2. The molecule has 9 heteroatoms. The summed E-state index contributed by atoms with van der Waals surface area (Å²) in [5.74, 6) is -0.611. The number of ether oxygens (including phenoxy) is 1. The number of nitrogens with zero attached hydrogens (tertiary/aromatic N) is 1. The van der Waals surface area contributed by atoms with Crippen LogP contribution in [0.5, 0.6) is 0 Å². The molecule has 0 bridgehead atoms. The van der Waals surface area contributed by atoms with Crippen LogP contribution in [-0.4, -0.2) is 51.4 Å². The van der Waals surface area contributed by atoms with E-state index in [4.69, 9.17) is 0 Å². The molecule has 134 valence electrons. The summed E-state index contributed by atoms with van der Waals surface area (Å²) in [4.78, 5) is 25.5. The Balaban J connectivity index is 2.11. The number of sulfonamides is 1. The van der Waals surface area contributed by atoms with E-state index >= 15 is 0 Å². The van der Waals surface area contributed by atoms with Crippen molar-refractivity contribution in [3.05, 3.63) is 16.3 Å². The maximum atomic E-state index is 12.6. The molecular formula is C15H22N2O5S2. The van der Waals surface area contributed by atoms with Gasteiger partial charge in [-0.05, 0) is 30.7 Å². The van der Waals surface area contributed by atoms with Crippen LogP contribution < -0.4 is 4.72 Å². The summed E-state index contributed by atoms with van der Waals surface area (Å²) in [7, 11) is -2.62. The van der Waals surface area contributed by atoms with Crippen molar-refractivity contribution >= 4 is 33.2 Å². The van der Waals surface area contributed by atoms with Gasteiger partial charge in [-0.2, -0.15) is 0 Å². The fourth-order valence-corrected chi connectivity index (χ4v) is 5.33. The molecule has 7 nitrogen and oxygen atoms in total. The number of methoxy groups -OCH3 is 1. The van der Waals surface area contributed by atoms with E-state index in [2.05, 4.69) is 9.46 Å². The smallest absolute Gasteiger partial charge is 0.349 e. The van der Waals surface area contributed by atoms with Gasteiger partial charge in [-0.25, -0.2) is 17.9 Å². The number of likely N-dealkylation sites (tertiary alicyclic amines) is 1. The molecule has 24 heavy (non-hydrogen) atoms. The van der Waals surface area contributed by atoms with Crippen LogP contribution in [0.25, 0.3) is 0 Å². The minimum atomic E-state index is -3.84. The van der Waals surface area contributed by atoms with E-state index in [0.29, 0.717) is 32.4 Å². The summed E-state index contributed by atoms with van der Waals surface area (Å²) in [6.07, 6.45) is 2.21. The molecule has 1 saturated heterocycles. The summed E-state index contributed by atoms with van der Waals surface area (Å²) < 4.78 is 32.4. The van der Waals surface area contributed by atoms with Crippen LogP contribution in [-0.2, 0) is 19.6 Å². The fourth-order valence-electron chi connectivity index (χ4n) is 2.69. The number of nitrogens with one attached hydrogen (secondary N) is 1. The Labute approximate surface area is 146 Å². The molecule has 2 heterocycles. The van der Waals surface area contributed by atoms with Crippen LogP contribution in [0.2, 0.25) is 0 Å². The quantitative estimate of drug-likeness (QED) is 0.764. The minimum Gasteiger partial charge on any atom is -0.465 e. The Morgan fingerprint density at radius 3 is 2.88 bits per heavy atom. The van der Waals surface area contributed by atoms with Gasteiger partial charge in [0.15, 0.2) is 0 Å². The van der Waals surface area contributed by atoms with Gasteiger partial charge in [0.05, 0.1) is 7.11 Å². The van der Waals surface area contributed by atoms with Crippen LogP contribution in [0, 0.1) is 0 Å². The number of hydrogen-bond acceptors (Lipinski definition) is 6. The molecule has 1 fully saturated rings. The number of hydrogen-bond donors (Lipinski definition) is 1. The highest BCUT2D eigenvalue weighted by molar-refractivity contribution is 7.89. The number of thiophene rings is 1. The van der Waals surface area contributed by atoms with E-state index in [-0.39, 0.29) is 21.7 Å². The predicted octanol–water partition coefficient (Wildman–Crippen LogP) is 1.60. The number of rotatable bonds is 6. The second-order valence-corrected chi connectivity index (χ2v) is 8.23. The van der Waals surface area contributed by atoms with Crippen molar-refractivity contribution in [2.75, 3.05) is 20.2 Å². The van der Waals surface area contributed by atoms with Crippen molar-refractivity contribution < 1.29 is 22.7 Å². The third kappa shape index (κ3) is 4.34. The summed E-state index contributed by atoms with van der Waals surface area (Å²) in [5, 5.41) is 1.54. The van der Waals surface area contributed by atoms with Gasteiger partial charge in [-0.3, -0.25) is 4.79 Å². The molecule has 1 atom stereocenters. The maximum Gasteiger partial charge on any atom is 0.349 e. The molecule has 1 aliphatic heterocycles. The predicted molar refractivity (Wildman–Crippen MR) is 90.5 cm³/mol. The van der Waals surface area contributed by atoms with E-state index in [9.17, 15) is 18.0 Å². The molecule has 1 aliphatic rings. The largest absolute Gasteiger partial charge is 0.465 e. The molecule has 0 spiro atoms. The van der Waals surface area contributed by atoms with Gasteiger partial charge < -0.3 is 9.64 Å². The van der Waals surface area contributed by atoms with Crippen molar-refractivity contribution in [2.45, 2.75) is 43.5 Å². The first-order valence-corrected chi connectivity index (χ1v) is 10.2. The molecule has 0 radical (unpaired) electrons. The van der Waals surface area contributed by atoms with Crippen molar-refractivity contribution in [3.63, 3.8) is 0 Å². The highest BCUT2D eigenvalue weighted by Crippen LogP contribution is 2.24. The van der Waals surface area contributed by atoms with Crippen molar-refractivity contribution in [1.29, 1.82) is 0 Å². The molecule has 1 aromatic rings. The lowest BCUT2D eigenvalue weighted by atomic mass is 10.1. The number of esters is 1. The molecule has 0 saturated carbocycles. The number of amides is 1. The number of carbonyl (C=O) groups is 2. The van der Waals surface area contributed by atoms with Crippen molar-refractivity contribution in [1.82, 2.24) is 9.62 Å². The Hall–Kier alpha value is -1.45. The molecular weight excluding hydrogens is 352 g/mol. The van der Waals surface area contributed by atoms with Gasteiger partial charge in [-0.1, -0.05) is 6.92 Å². The Bertz CT molecular complexity index is 698. The normalized spacial score (nSPS) is 19.2. The van der Waals surface area contributed by atoms with E-state index in [0.717, 1.165) is 17.8 Å². The third-order valence-electron chi connectivity index (χ3n) is 3.91. The molecule has 2 rings (SSSR count). The van der Waals surface area contributed by atoms with Gasteiger partial charge in [0.2, 0.25) is 15.9 Å². The molecule has 1 N–H and O–H groups in total. The van der Waals surface area contributed by atoms with E-state index < -0.39 is 16.0 Å². The zero-order valence-electron chi connectivity index (χ0n) is 13.8. The molecule has 0 aliphatic carbocycles. The van der Waals surface area contributed by atoms with Gasteiger partial charge in [0.25, 0.3) is 0 Å². The third-order valence-corrected chi connectivity index (χ3v) is 6.50. The summed E-state index contributed by atoms with van der Waals surface area (Å²) in [5.41, 5.74) is 0. The lowest BCUT2D eigenvalue weighted by Crippen LogP contribution is -2.36. The lowest BCUT2D eigenvalue weighted by Gasteiger charge is -2.20.